The van der Waals surface area contributed by atoms with Crippen molar-refractivity contribution in [2.45, 2.75) is 109 Å². The minimum absolute atomic E-state index is 0.0597. The number of nitrogens with one attached hydrogen (secondary N) is 1. The summed E-state index contributed by atoms with van der Waals surface area (Å²) >= 11 is 0. The standard InChI is InChI=1S/C35H59N2O6P/c1-3-5-7-9-11-13-14-15-16-17-18-19-20-21-23-25-27-29-35(39)37-33(32-43-44(40,41)42-31-30-36)34(38)28-26-24-22-12-10-8-6-4-2/h5,7,10-13,15-16,18-19,21,23,26,28,33-34,38H,3-4,6,8-9,14,17,20,22,24-25,27,29-32,36H2,1-2H3,(H,37,39)(H,40,41)/b7-5-,12-10+,13-11-,16-15-,19-18-,23-21-,28-26+. The van der Waals surface area contributed by atoms with Gasteiger partial charge in [-0.2, -0.15) is 0 Å². The van der Waals surface area contributed by atoms with Crippen LogP contribution in [0.2, 0.25) is 0 Å². The van der Waals surface area contributed by atoms with E-state index in [1.807, 2.05) is 6.08 Å². The van der Waals surface area contributed by atoms with Crippen LogP contribution in [-0.2, 0) is 18.4 Å². The molecule has 0 saturated carbocycles. The van der Waals surface area contributed by atoms with Gasteiger partial charge in [-0.1, -0.05) is 112 Å². The van der Waals surface area contributed by atoms with E-state index in [1.165, 1.54) is 6.42 Å². The SMILES string of the molecule is CC/C=C\C/C=C\C/C=C\C/C=C\C/C=C\CCCC(=O)NC(COP(=O)(O)OCCN)C(O)/C=C/CC/C=C/CCCC. The van der Waals surface area contributed by atoms with Crippen LogP contribution in [0.4, 0.5) is 0 Å². The number of carbonyl (C=O) groups excluding carboxylic acids is 1. The van der Waals surface area contributed by atoms with Crippen molar-refractivity contribution >= 4 is 13.7 Å². The normalized spacial score (nSPS) is 15.7. The average molecular weight is 635 g/mol. The van der Waals surface area contributed by atoms with Gasteiger partial charge in [0.2, 0.25) is 5.91 Å². The van der Waals surface area contributed by atoms with E-state index in [0.717, 1.165) is 64.2 Å². The number of nitrogens with two attached hydrogens (primary N) is 1. The fraction of sp³-hybridized carbons (Fsp3) is 0.571. The third-order valence-electron chi connectivity index (χ3n) is 6.20. The Morgan fingerprint density at radius 2 is 1.30 bits per heavy atom. The Bertz CT molecular complexity index is 955. The maximum Gasteiger partial charge on any atom is 0.472 e. The van der Waals surface area contributed by atoms with E-state index in [2.05, 4.69) is 92.1 Å². The topological polar surface area (TPSA) is 131 Å². The van der Waals surface area contributed by atoms with Crippen molar-refractivity contribution in [1.29, 1.82) is 0 Å². The van der Waals surface area contributed by atoms with Crippen LogP contribution in [0.3, 0.4) is 0 Å². The van der Waals surface area contributed by atoms with Crippen molar-refractivity contribution in [3.8, 4) is 0 Å². The first kappa shape index (κ1) is 41.7. The van der Waals surface area contributed by atoms with Gasteiger partial charge < -0.3 is 21.1 Å². The molecule has 0 radical (unpaired) electrons. The largest absolute Gasteiger partial charge is 0.472 e. The van der Waals surface area contributed by atoms with Crippen LogP contribution < -0.4 is 11.1 Å². The van der Waals surface area contributed by atoms with Gasteiger partial charge in [-0.05, 0) is 64.2 Å². The minimum Gasteiger partial charge on any atom is -0.387 e. The second kappa shape index (κ2) is 30.7. The zero-order valence-electron chi connectivity index (χ0n) is 27.1. The zero-order chi connectivity index (χ0) is 32.6. The highest BCUT2D eigenvalue weighted by Crippen LogP contribution is 2.43. The lowest BCUT2D eigenvalue weighted by Gasteiger charge is -2.23. The van der Waals surface area contributed by atoms with Gasteiger partial charge in [-0.3, -0.25) is 13.8 Å². The van der Waals surface area contributed by atoms with Crippen LogP contribution in [0, 0.1) is 0 Å². The molecule has 0 aromatic carbocycles. The number of phosphoric acid groups is 1. The number of aliphatic hydroxyl groups excluding tert-OH is 1. The van der Waals surface area contributed by atoms with E-state index in [-0.39, 0.29) is 32.1 Å². The first-order valence-corrected chi connectivity index (χ1v) is 17.7. The van der Waals surface area contributed by atoms with Gasteiger partial charge in [-0.25, -0.2) is 4.57 Å². The molecule has 5 N–H and O–H groups in total. The summed E-state index contributed by atoms with van der Waals surface area (Å²) in [7, 11) is -4.35. The predicted molar refractivity (Wildman–Crippen MR) is 184 cm³/mol. The molecule has 9 heteroatoms. The molecule has 0 heterocycles. The van der Waals surface area contributed by atoms with Gasteiger partial charge in [-0.15, -0.1) is 0 Å². The summed E-state index contributed by atoms with van der Waals surface area (Å²) in [4.78, 5) is 22.4. The van der Waals surface area contributed by atoms with Crippen LogP contribution in [0.25, 0.3) is 0 Å². The van der Waals surface area contributed by atoms with Crippen molar-refractivity contribution in [2.24, 2.45) is 5.73 Å². The number of carbonyl (C=O) groups is 1. The highest BCUT2D eigenvalue weighted by atomic mass is 31.2. The molecule has 3 atom stereocenters. The lowest BCUT2D eigenvalue weighted by Crippen LogP contribution is -2.45. The zero-order valence-corrected chi connectivity index (χ0v) is 28.0. The Balaban J connectivity index is 4.51. The molecular formula is C35H59N2O6P. The summed E-state index contributed by atoms with van der Waals surface area (Å²) in [5.74, 6) is -0.270. The van der Waals surface area contributed by atoms with E-state index in [0.29, 0.717) is 6.42 Å². The van der Waals surface area contributed by atoms with Gasteiger partial charge in [0.1, 0.15) is 0 Å². The monoisotopic (exact) mass is 634 g/mol. The van der Waals surface area contributed by atoms with Gasteiger partial charge in [0.15, 0.2) is 0 Å². The molecule has 8 nitrogen and oxygen atoms in total. The maximum atomic E-state index is 12.6. The number of allylic oxidation sites excluding steroid dienone is 13. The number of unbranched alkanes of at least 4 members (excludes halogenated alkanes) is 4. The third-order valence-corrected chi connectivity index (χ3v) is 7.19. The van der Waals surface area contributed by atoms with Crippen molar-refractivity contribution in [3.05, 3.63) is 85.1 Å². The summed E-state index contributed by atoms with van der Waals surface area (Å²) in [5, 5.41) is 13.4. The number of aliphatic hydroxyl groups is 1. The lowest BCUT2D eigenvalue weighted by atomic mass is 10.1. The van der Waals surface area contributed by atoms with Crippen LogP contribution in [-0.4, -0.2) is 47.8 Å². The van der Waals surface area contributed by atoms with Crippen LogP contribution in [0.5, 0.6) is 0 Å². The molecule has 0 rings (SSSR count). The quantitative estimate of drug-likeness (QED) is 0.0390. The van der Waals surface area contributed by atoms with Crippen LogP contribution >= 0.6 is 7.82 Å². The Morgan fingerprint density at radius 1 is 0.773 bits per heavy atom. The number of rotatable bonds is 28. The van der Waals surface area contributed by atoms with E-state index >= 15 is 0 Å². The summed E-state index contributed by atoms with van der Waals surface area (Å²) in [6, 6.07) is -0.908. The summed E-state index contributed by atoms with van der Waals surface area (Å²) in [6.45, 7) is 3.82. The van der Waals surface area contributed by atoms with Gasteiger partial charge in [0.25, 0.3) is 0 Å². The molecule has 0 aromatic rings. The molecule has 0 aliphatic carbocycles. The Hall–Kier alpha value is -2.32. The third kappa shape index (κ3) is 28.5. The smallest absolute Gasteiger partial charge is 0.387 e. The molecular weight excluding hydrogens is 575 g/mol. The Morgan fingerprint density at radius 3 is 1.89 bits per heavy atom. The second-order valence-corrected chi connectivity index (χ2v) is 11.7. The van der Waals surface area contributed by atoms with E-state index in [9.17, 15) is 19.4 Å². The van der Waals surface area contributed by atoms with Gasteiger partial charge in [0.05, 0.1) is 25.4 Å². The van der Waals surface area contributed by atoms with Crippen molar-refractivity contribution in [2.75, 3.05) is 19.8 Å². The fourth-order valence-corrected chi connectivity index (χ4v) is 4.51. The highest BCUT2D eigenvalue weighted by molar-refractivity contribution is 7.47. The van der Waals surface area contributed by atoms with Crippen molar-refractivity contribution < 1.29 is 28.4 Å². The summed E-state index contributed by atoms with van der Waals surface area (Å²) in [5.41, 5.74) is 5.32. The average Bonchev–Trinajstić information content (AvgIpc) is 3.01. The van der Waals surface area contributed by atoms with Crippen molar-refractivity contribution in [3.63, 3.8) is 0 Å². The Kier molecular flexibility index (Phi) is 29.1. The molecule has 0 aliphatic heterocycles. The Labute approximate surface area is 267 Å². The van der Waals surface area contributed by atoms with Crippen LogP contribution in [0.15, 0.2) is 85.1 Å². The van der Waals surface area contributed by atoms with E-state index in [4.69, 9.17) is 14.8 Å². The number of hydrogen-bond acceptors (Lipinski definition) is 6. The molecule has 0 saturated heterocycles. The number of phosphoric ester groups is 1. The molecule has 0 aliphatic rings. The number of hydrogen-bond donors (Lipinski definition) is 4. The maximum absolute atomic E-state index is 12.6. The van der Waals surface area contributed by atoms with Crippen LogP contribution in [0.1, 0.15) is 97.3 Å². The second-order valence-electron chi connectivity index (χ2n) is 10.3. The first-order chi connectivity index (χ1) is 21.4. The molecule has 0 fully saturated rings. The number of amides is 1. The molecule has 1 amide bonds. The minimum atomic E-state index is -4.35. The van der Waals surface area contributed by atoms with Gasteiger partial charge in [0, 0.05) is 13.0 Å². The predicted octanol–water partition coefficient (Wildman–Crippen LogP) is 7.93. The van der Waals surface area contributed by atoms with E-state index in [1.54, 1.807) is 6.08 Å². The highest BCUT2D eigenvalue weighted by Gasteiger charge is 2.26. The summed E-state index contributed by atoms with van der Waals surface area (Å²) in [6.07, 6.45) is 39.4. The molecule has 44 heavy (non-hydrogen) atoms. The lowest BCUT2D eigenvalue weighted by molar-refractivity contribution is -0.122. The van der Waals surface area contributed by atoms with E-state index < -0.39 is 20.0 Å². The first-order valence-electron chi connectivity index (χ1n) is 16.2. The summed E-state index contributed by atoms with van der Waals surface area (Å²) < 4.78 is 21.8. The molecule has 0 bridgehead atoms. The molecule has 0 aromatic heterocycles. The van der Waals surface area contributed by atoms with Crippen molar-refractivity contribution in [1.82, 2.24) is 5.32 Å². The fourth-order valence-electron chi connectivity index (χ4n) is 3.75. The molecule has 0 spiro atoms. The molecule has 250 valence electrons. The van der Waals surface area contributed by atoms with Gasteiger partial charge >= 0.3 is 7.82 Å². The molecule has 3 unspecified atom stereocenters.